The fourth-order valence-electron chi connectivity index (χ4n) is 2.43. The van der Waals surface area contributed by atoms with Gasteiger partial charge in [-0.3, -0.25) is 4.79 Å². The number of benzene rings is 1. The molecular formula is C14H21FO2Si. The average Bonchev–Trinajstić information content (AvgIpc) is 2.26. The quantitative estimate of drug-likeness (QED) is 0.657. The molecule has 0 saturated heterocycles. The Balaban J connectivity index is 3.18. The number of carboxylic acid groups (broad SMARTS) is 1. The third kappa shape index (κ3) is 2.99. The van der Waals surface area contributed by atoms with Gasteiger partial charge in [0, 0.05) is 0 Å². The first-order valence-electron chi connectivity index (χ1n) is 6.28. The van der Waals surface area contributed by atoms with Crippen molar-refractivity contribution in [3.8, 4) is 0 Å². The number of rotatable bonds is 5. The normalized spacial score (nSPS) is 12.2. The molecule has 0 aromatic heterocycles. The predicted molar refractivity (Wildman–Crippen MR) is 74.5 cm³/mol. The van der Waals surface area contributed by atoms with Gasteiger partial charge < -0.3 is 9.21 Å². The fourth-order valence-corrected chi connectivity index (χ4v) is 5.85. The van der Waals surface area contributed by atoms with Crippen molar-refractivity contribution in [2.75, 3.05) is 0 Å². The summed E-state index contributed by atoms with van der Waals surface area (Å²) in [5.41, 5.74) is 0.644. The molecule has 2 nitrogen and oxygen atoms in total. The van der Waals surface area contributed by atoms with Crippen LogP contribution in [0.4, 0.5) is 4.11 Å². The second-order valence-electron chi connectivity index (χ2n) is 5.35. The highest BCUT2D eigenvalue weighted by molar-refractivity contribution is 6.88. The monoisotopic (exact) mass is 268 g/mol. The van der Waals surface area contributed by atoms with E-state index >= 15 is 4.11 Å². The summed E-state index contributed by atoms with van der Waals surface area (Å²) in [7, 11) is -3.06. The molecule has 0 aliphatic carbocycles. The lowest BCUT2D eigenvalue weighted by Crippen LogP contribution is -2.49. The minimum Gasteiger partial charge on any atom is -0.481 e. The molecule has 0 spiro atoms. The van der Waals surface area contributed by atoms with Crippen LogP contribution in [0.2, 0.25) is 11.1 Å². The van der Waals surface area contributed by atoms with Gasteiger partial charge in [0.2, 0.25) is 0 Å². The van der Waals surface area contributed by atoms with Gasteiger partial charge in [-0.05, 0) is 21.8 Å². The van der Waals surface area contributed by atoms with Crippen LogP contribution in [0.25, 0.3) is 0 Å². The Morgan fingerprint density at radius 3 is 2.28 bits per heavy atom. The molecule has 0 aliphatic rings. The second-order valence-corrected chi connectivity index (χ2v) is 9.77. The van der Waals surface area contributed by atoms with Crippen molar-refractivity contribution in [3.05, 3.63) is 29.8 Å². The van der Waals surface area contributed by atoms with Crippen molar-refractivity contribution < 1.29 is 14.0 Å². The molecule has 1 N–H and O–H groups in total. The summed E-state index contributed by atoms with van der Waals surface area (Å²) in [6.07, 6.45) is -0.0471. The van der Waals surface area contributed by atoms with Gasteiger partial charge in [0.1, 0.15) is 0 Å². The molecular weight excluding hydrogens is 247 g/mol. The van der Waals surface area contributed by atoms with Crippen molar-refractivity contribution in [3.63, 3.8) is 0 Å². The summed E-state index contributed by atoms with van der Waals surface area (Å²) in [4.78, 5) is 10.7. The molecule has 0 heterocycles. The van der Waals surface area contributed by atoms with Crippen LogP contribution in [0.15, 0.2) is 24.3 Å². The van der Waals surface area contributed by atoms with Gasteiger partial charge >= 0.3 is 5.97 Å². The zero-order valence-electron chi connectivity index (χ0n) is 11.4. The third-order valence-corrected chi connectivity index (χ3v) is 7.96. The molecule has 1 rings (SSSR count). The zero-order chi connectivity index (χ0) is 13.9. The van der Waals surface area contributed by atoms with E-state index in [1.807, 2.05) is 27.7 Å². The topological polar surface area (TPSA) is 37.3 Å². The molecule has 4 heteroatoms. The first-order valence-corrected chi connectivity index (χ1v) is 8.31. The molecule has 0 atom stereocenters. The standard InChI is InChI=1S/C14H21FO2Si/c1-10(2)18(15,11(3)4)13-7-5-6-12(8-13)9-14(16)17/h5-8,10-11H,9H2,1-4H3,(H,16,17). The number of halogens is 1. The first kappa shape index (κ1) is 14.9. The Kier molecular flexibility index (Phi) is 4.68. The number of aliphatic carboxylic acids is 1. The summed E-state index contributed by atoms with van der Waals surface area (Å²) < 4.78 is 15.3. The lowest BCUT2D eigenvalue weighted by atomic mass is 10.1. The summed E-state index contributed by atoms with van der Waals surface area (Å²) in [6.45, 7) is 7.65. The molecule has 0 amide bonds. The van der Waals surface area contributed by atoms with Crippen LogP contribution in [-0.4, -0.2) is 19.5 Å². The Bertz CT molecular complexity index is 422. The molecule has 18 heavy (non-hydrogen) atoms. The maximum Gasteiger partial charge on any atom is 0.307 e. The van der Waals surface area contributed by atoms with Crippen LogP contribution in [0.3, 0.4) is 0 Å². The minimum absolute atomic E-state index is 0.0161. The van der Waals surface area contributed by atoms with Gasteiger partial charge in [-0.2, -0.15) is 0 Å². The maximum absolute atomic E-state index is 15.3. The van der Waals surface area contributed by atoms with E-state index < -0.39 is 14.4 Å². The number of hydrogen-bond acceptors (Lipinski definition) is 1. The molecule has 0 bridgehead atoms. The van der Waals surface area contributed by atoms with Gasteiger partial charge in [0.15, 0.2) is 0 Å². The largest absolute Gasteiger partial charge is 0.481 e. The molecule has 0 saturated carbocycles. The predicted octanol–water partition coefficient (Wildman–Crippen LogP) is 3.26. The van der Waals surface area contributed by atoms with Crippen LogP contribution < -0.4 is 5.19 Å². The number of hydrogen-bond donors (Lipinski definition) is 1. The lowest BCUT2D eigenvalue weighted by molar-refractivity contribution is -0.136. The highest BCUT2D eigenvalue weighted by Crippen LogP contribution is 2.33. The van der Waals surface area contributed by atoms with Gasteiger partial charge in [0.05, 0.1) is 6.42 Å². The van der Waals surface area contributed by atoms with E-state index in [1.165, 1.54) is 0 Å². The molecule has 0 fully saturated rings. The van der Waals surface area contributed by atoms with E-state index in [9.17, 15) is 4.79 Å². The highest BCUT2D eigenvalue weighted by atomic mass is 28.4. The summed E-state index contributed by atoms with van der Waals surface area (Å²) in [6, 6.07) is 7.05. The molecule has 100 valence electrons. The number of carbonyl (C=O) groups is 1. The van der Waals surface area contributed by atoms with Crippen molar-refractivity contribution >= 4 is 19.6 Å². The Labute approximate surface area is 109 Å². The zero-order valence-corrected chi connectivity index (χ0v) is 12.4. The van der Waals surface area contributed by atoms with Crippen molar-refractivity contribution in [2.24, 2.45) is 0 Å². The van der Waals surface area contributed by atoms with E-state index in [2.05, 4.69) is 0 Å². The van der Waals surface area contributed by atoms with E-state index in [4.69, 9.17) is 5.11 Å². The average molecular weight is 268 g/mol. The summed E-state index contributed by atoms with van der Waals surface area (Å²) >= 11 is 0. The van der Waals surface area contributed by atoms with Crippen LogP contribution in [0.5, 0.6) is 0 Å². The van der Waals surface area contributed by atoms with Crippen molar-refractivity contribution in [1.29, 1.82) is 0 Å². The van der Waals surface area contributed by atoms with Gasteiger partial charge in [0.25, 0.3) is 8.41 Å². The molecule has 1 aromatic carbocycles. The Morgan fingerprint density at radius 1 is 1.28 bits per heavy atom. The Morgan fingerprint density at radius 2 is 1.83 bits per heavy atom. The van der Waals surface area contributed by atoms with Crippen molar-refractivity contribution in [2.45, 2.75) is 45.2 Å². The number of carboxylic acids is 1. The van der Waals surface area contributed by atoms with Crippen LogP contribution in [-0.2, 0) is 11.2 Å². The second kappa shape index (κ2) is 5.65. The van der Waals surface area contributed by atoms with E-state index in [0.29, 0.717) is 10.8 Å². The molecule has 0 radical (unpaired) electrons. The van der Waals surface area contributed by atoms with Gasteiger partial charge in [-0.15, -0.1) is 0 Å². The highest BCUT2D eigenvalue weighted by Gasteiger charge is 2.43. The lowest BCUT2D eigenvalue weighted by Gasteiger charge is -2.31. The Hall–Kier alpha value is -1.16. The SMILES string of the molecule is CC(C)[Si](F)(c1cccc(CC(=O)O)c1)C(C)C. The minimum atomic E-state index is -3.06. The molecule has 0 unspecified atom stereocenters. The van der Waals surface area contributed by atoms with Crippen LogP contribution in [0.1, 0.15) is 33.3 Å². The van der Waals surface area contributed by atoms with E-state index in [1.54, 1.807) is 24.3 Å². The molecule has 1 aromatic rings. The van der Waals surface area contributed by atoms with Crippen LogP contribution in [0, 0.1) is 0 Å². The third-order valence-electron chi connectivity index (χ3n) is 3.41. The smallest absolute Gasteiger partial charge is 0.307 e. The summed E-state index contributed by atoms with van der Waals surface area (Å²) in [5, 5.41) is 9.51. The van der Waals surface area contributed by atoms with Crippen LogP contribution >= 0.6 is 0 Å². The first-order chi connectivity index (χ1) is 8.28. The van der Waals surface area contributed by atoms with E-state index in [-0.39, 0.29) is 17.5 Å². The maximum atomic E-state index is 15.3. The van der Waals surface area contributed by atoms with Gasteiger partial charge in [-0.25, -0.2) is 0 Å². The van der Waals surface area contributed by atoms with E-state index in [0.717, 1.165) is 0 Å². The van der Waals surface area contributed by atoms with Crippen molar-refractivity contribution in [1.82, 2.24) is 0 Å². The summed E-state index contributed by atoms with van der Waals surface area (Å²) in [5.74, 6) is -0.882. The molecule has 0 aliphatic heterocycles. The fraction of sp³-hybridized carbons (Fsp3) is 0.500. The van der Waals surface area contributed by atoms with Gasteiger partial charge in [-0.1, -0.05) is 52.0 Å².